The fourth-order valence-corrected chi connectivity index (χ4v) is 4.01. The standard InChI is InChI=1S/C19H28FN3O2/c1-12(17-8-5-13(20)11-21-17)22-14-9-15-6-7-16(10-14)23(15)18(24)25-19(2,3)4/h5,8,11-12,14-16,22H,6-7,9-10H2,1-4H3/t12-,14?,15-,16+/m0/s1. The molecule has 2 aliphatic heterocycles. The molecule has 1 amide bonds. The molecule has 0 spiro atoms. The highest BCUT2D eigenvalue weighted by Gasteiger charge is 2.45. The molecule has 1 aromatic rings. The molecule has 1 aromatic heterocycles. The smallest absolute Gasteiger partial charge is 0.410 e. The minimum atomic E-state index is -0.464. The van der Waals surface area contributed by atoms with Gasteiger partial charge in [0, 0.05) is 24.2 Å². The van der Waals surface area contributed by atoms with Crippen LogP contribution in [0.25, 0.3) is 0 Å². The zero-order valence-electron chi connectivity index (χ0n) is 15.5. The van der Waals surface area contributed by atoms with Gasteiger partial charge in [0.05, 0.1) is 11.9 Å². The van der Waals surface area contributed by atoms with Crippen LogP contribution in [-0.4, -0.2) is 39.7 Å². The summed E-state index contributed by atoms with van der Waals surface area (Å²) in [5, 5.41) is 3.60. The Bertz CT molecular complexity index is 600. The van der Waals surface area contributed by atoms with Gasteiger partial charge in [0.15, 0.2) is 0 Å². The molecule has 4 atom stereocenters. The van der Waals surface area contributed by atoms with Gasteiger partial charge in [-0.2, -0.15) is 0 Å². The predicted molar refractivity (Wildman–Crippen MR) is 93.7 cm³/mol. The summed E-state index contributed by atoms with van der Waals surface area (Å²) in [7, 11) is 0. The first-order valence-corrected chi connectivity index (χ1v) is 9.12. The Kier molecular flexibility index (Phi) is 5.00. The van der Waals surface area contributed by atoms with E-state index in [1.807, 2.05) is 32.6 Å². The molecule has 2 bridgehead atoms. The van der Waals surface area contributed by atoms with Gasteiger partial charge >= 0.3 is 6.09 Å². The minimum Gasteiger partial charge on any atom is -0.444 e. The number of rotatable bonds is 3. The van der Waals surface area contributed by atoms with Gasteiger partial charge < -0.3 is 15.0 Å². The number of aromatic nitrogens is 1. The summed E-state index contributed by atoms with van der Waals surface area (Å²) in [6.07, 6.45) is 4.97. The van der Waals surface area contributed by atoms with E-state index in [0.717, 1.165) is 31.4 Å². The third kappa shape index (κ3) is 4.29. The van der Waals surface area contributed by atoms with Crippen molar-refractivity contribution in [2.45, 2.75) is 83.1 Å². The summed E-state index contributed by atoms with van der Waals surface area (Å²) < 4.78 is 18.6. The van der Waals surface area contributed by atoms with Gasteiger partial charge in [-0.25, -0.2) is 9.18 Å². The first-order chi connectivity index (χ1) is 11.7. The average molecular weight is 349 g/mol. The van der Waals surface area contributed by atoms with Crippen LogP contribution in [-0.2, 0) is 4.74 Å². The lowest BCUT2D eigenvalue weighted by Gasteiger charge is -2.40. The molecule has 2 saturated heterocycles. The van der Waals surface area contributed by atoms with Crippen LogP contribution in [0.5, 0.6) is 0 Å². The molecular weight excluding hydrogens is 321 g/mol. The van der Waals surface area contributed by atoms with Crippen molar-refractivity contribution in [2.24, 2.45) is 0 Å². The second kappa shape index (κ2) is 6.90. The number of carbonyl (C=O) groups is 1. The van der Waals surface area contributed by atoms with Gasteiger partial charge in [-0.15, -0.1) is 0 Å². The molecule has 0 saturated carbocycles. The average Bonchev–Trinajstić information content (AvgIpc) is 2.78. The quantitative estimate of drug-likeness (QED) is 0.902. The molecule has 5 nitrogen and oxygen atoms in total. The molecule has 6 heteroatoms. The van der Waals surface area contributed by atoms with Crippen LogP contribution in [0.2, 0.25) is 0 Å². The van der Waals surface area contributed by atoms with Crippen molar-refractivity contribution in [2.75, 3.05) is 0 Å². The summed E-state index contributed by atoms with van der Waals surface area (Å²) in [4.78, 5) is 18.6. The maximum Gasteiger partial charge on any atom is 0.410 e. The van der Waals surface area contributed by atoms with Crippen LogP contribution in [0.15, 0.2) is 18.3 Å². The number of halogens is 1. The number of piperidine rings is 1. The number of fused-ring (bicyclic) bond motifs is 2. The Morgan fingerprint density at radius 2 is 1.96 bits per heavy atom. The van der Waals surface area contributed by atoms with Gasteiger partial charge in [-0.1, -0.05) is 0 Å². The molecule has 0 radical (unpaired) electrons. The molecule has 1 unspecified atom stereocenters. The van der Waals surface area contributed by atoms with E-state index in [2.05, 4.69) is 10.3 Å². The molecule has 1 N–H and O–H groups in total. The predicted octanol–water partition coefficient (Wildman–Crippen LogP) is 3.80. The summed E-state index contributed by atoms with van der Waals surface area (Å²) in [5.41, 5.74) is 0.373. The lowest BCUT2D eigenvalue weighted by atomic mass is 9.96. The highest BCUT2D eigenvalue weighted by Crippen LogP contribution is 2.37. The molecule has 138 valence electrons. The number of hydrogen-bond donors (Lipinski definition) is 1. The molecule has 3 heterocycles. The first-order valence-electron chi connectivity index (χ1n) is 9.12. The Balaban J connectivity index is 1.60. The van der Waals surface area contributed by atoms with E-state index < -0.39 is 5.60 Å². The maximum absolute atomic E-state index is 13.0. The zero-order chi connectivity index (χ0) is 18.2. The molecule has 2 aliphatic rings. The van der Waals surface area contributed by atoms with E-state index in [9.17, 15) is 9.18 Å². The lowest BCUT2D eigenvalue weighted by Crippen LogP contribution is -2.52. The minimum absolute atomic E-state index is 0.0538. The second-order valence-electron chi connectivity index (χ2n) is 8.23. The Morgan fingerprint density at radius 1 is 1.32 bits per heavy atom. The van der Waals surface area contributed by atoms with E-state index in [1.54, 1.807) is 6.07 Å². The van der Waals surface area contributed by atoms with E-state index in [-0.39, 0.29) is 30.0 Å². The van der Waals surface area contributed by atoms with Gasteiger partial charge in [-0.3, -0.25) is 4.98 Å². The fourth-order valence-electron chi connectivity index (χ4n) is 4.01. The second-order valence-corrected chi connectivity index (χ2v) is 8.23. The summed E-state index contributed by atoms with van der Waals surface area (Å²) in [6.45, 7) is 7.75. The number of ether oxygens (including phenoxy) is 1. The first kappa shape index (κ1) is 18.1. The van der Waals surface area contributed by atoms with E-state index in [0.29, 0.717) is 6.04 Å². The number of nitrogens with one attached hydrogen (secondary N) is 1. The van der Waals surface area contributed by atoms with Crippen molar-refractivity contribution in [3.8, 4) is 0 Å². The summed E-state index contributed by atoms with van der Waals surface area (Å²) in [5.74, 6) is -0.320. The number of hydrogen-bond acceptors (Lipinski definition) is 4. The monoisotopic (exact) mass is 349 g/mol. The van der Waals surface area contributed by atoms with Crippen molar-refractivity contribution in [1.29, 1.82) is 0 Å². The highest BCUT2D eigenvalue weighted by molar-refractivity contribution is 5.69. The lowest BCUT2D eigenvalue weighted by molar-refractivity contribution is 0.00433. The van der Waals surface area contributed by atoms with Crippen molar-refractivity contribution in [3.05, 3.63) is 29.8 Å². The number of pyridine rings is 1. The zero-order valence-corrected chi connectivity index (χ0v) is 15.5. The van der Waals surface area contributed by atoms with Crippen LogP contribution in [0.3, 0.4) is 0 Å². The van der Waals surface area contributed by atoms with Gasteiger partial charge in [0.25, 0.3) is 0 Å². The SMILES string of the molecule is C[C@H](NC1C[C@H]2CC[C@@H](C1)N2C(=O)OC(C)(C)C)c1ccc(F)cn1. The topological polar surface area (TPSA) is 54.5 Å². The van der Waals surface area contributed by atoms with Crippen LogP contribution in [0.4, 0.5) is 9.18 Å². The van der Waals surface area contributed by atoms with E-state index >= 15 is 0 Å². The van der Waals surface area contributed by atoms with Crippen molar-refractivity contribution in [1.82, 2.24) is 15.2 Å². The van der Waals surface area contributed by atoms with E-state index in [1.165, 1.54) is 12.3 Å². The van der Waals surface area contributed by atoms with E-state index in [4.69, 9.17) is 4.74 Å². The number of nitrogens with zero attached hydrogens (tertiary/aromatic N) is 2. The largest absolute Gasteiger partial charge is 0.444 e. The molecule has 0 aliphatic carbocycles. The maximum atomic E-state index is 13.0. The molecule has 2 fully saturated rings. The van der Waals surface area contributed by atoms with Gasteiger partial charge in [0.1, 0.15) is 11.4 Å². The van der Waals surface area contributed by atoms with Crippen molar-refractivity contribution < 1.29 is 13.9 Å². The Morgan fingerprint density at radius 3 is 2.48 bits per heavy atom. The third-order valence-electron chi connectivity index (χ3n) is 5.02. The normalized spacial score (nSPS) is 27.2. The number of amides is 1. The van der Waals surface area contributed by atoms with Crippen LogP contribution < -0.4 is 5.32 Å². The number of carbonyl (C=O) groups excluding carboxylic acids is 1. The van der Waals surface area contributed by atoms with Crippen LogP contribution in [0, 0.1) is 5.82 Å². The van der Waals surface area contributed by atoms with Crippen LogP contribution in [0.1, 0.15) is 65.1 Å². The molecule has 0 aromatic carbocycles. The third-order valence-corrected chi connectivity index (χ3v) is 5.02. The van der Waals surface area contributed by atoms with Crippen molar-refractivity contribution >= 4 is 6.09 Å². The highest BCUT2D eigenvalue weighted by atomic mass is 19.1. The Hall–Kier alpha value is -1.69. The molecule has 25 heavy (non-hydrogen) atoms. The molecule has 3 rings (SSSR count). The summed E-state index contributed by atoms with van der Waals surface area (Å²) >= 11 is 0. The molecular formula is C19H28FN3O2. The summed E-state index contributed by atoms with van der Waals surface area (Å²) in [6, 6.07) is 4.02. The van der Waals surface area contributed by atoms with Crippen molar-refractivity contribution in [3.63, 3.8) is 0 Å². The van der Waals surface area contributed by atoms with Crippen LogP contribution >= 0.6 is 0 Å². The van der Waals surface area contributed by atoms with Gasteiger partial charge in [-0.05, 0) is 65.5 Å². The van der Waals surface area contributed by atoms with Gasteiger partial charge in [0.2, 0.25) is 0 Å². The Labute approximate surface area is 148 Å². The fraction of sp³-hybridized carbons (Fsp3) is 0.684.